The topological polar surface area (TPSA) is 23.6 Å². The molecule has 2 aliphatic rings. The van der Waals surface area contributed by atoms with Crippen LogP contribution in [0, 0.1) is 5.92 Å². The predicted octanol–water partition coefficient (Wildman–Crippen LogP) is 1.77. The van der Waals surface area contributed by atoms with Crippen LogP contribution in [0.25, 0.3) is 0 Å². The van der Waals surface area contributed by atoms with Crippen LogP contribution >= 0.6 is 0 Å². The Kier molecular flexibility index (Phi) is 4.21. The van der Waals surface area contributed by atoms with Gasteiger partial charge in [0.05, 0.1) is 6.04 Å². The van der Waals surface area contributed by atoms with Gasteiger partial charge >= 0.3 is 0 Å². The standard InChI is InChI=1S/C14H26N2O/c1-4-14(17)11(2)16-9-7-13-12(10-16)6-5-8-15(13)3/h11-13H,4-10H2,1-3H3. The molecule has 3 heteroatoms. The van der Waals surface area contributed by atoms with Crippen molar-refractivity contribution in [2.24, 2.45) is 5.92 Å². The third-order valence-electron chi connectivity index (χ3n) is 4.74. The van der Waals surface area contributed by atoms with Crippen LogP contribution in [0.3, 0.4) is 0 Å². The quantitative estimate of drug-likeness (QED) is 0.748. The van der Waals surface area contributed by atoms with E-state index in [1.807, 2.05) is 6.92 Å². The lowest BCUT2D eigenvalue weighted by Crippen LogP contribution is -2.55. The highest BCUT2D eigenvalue weighted by molar-refractivity contribution is 5.83. The minimum atomic E-state index is 0.133. The molecule has 0 saturated carbocycles. The fraction of sp³-hybridized carbons (Fsp3) is 0.929. The maximum atomic E-state index is 11.8. The van der Waals surface area contributed by atoms with Crippen molar-refractivity contribution in [1.82, 2.24) is 9.80 Å². The van der Waals surface area contributed by atoms with Gasteiger partial charge in [-0.1, -0.05) is 6.92 Å². The van der Waals surface area contributed by atoms with Crippen LogP contribution in [-0.2, 0) is 4.79 Å². The zero-order valence-electron chi connectivity index (χ0n) is 11.5. The highest BCUT2D eigenvalue weighted by Crippen LogP contribution is 2.30. The van der Waals surface area contributed by atoms with Crippen molar-refractivity contribution in [3.8, 4) is 0 Å². The van der Waals surface area contributed by atoms with Crippen LogP contribution in [0.2, 0.25) is 0 Å². The lowest BCUT2D eigenvalue weighted by atomic mass is 9.83. The van der Waals surface area contributed by atoms with E-state index in [9.17, 15) is 4.79 Å². The number of rotatable bonds is 3. The van der Waals surface area contributed by atoms with Crippen LogP contribution in [0.1, 0.15) is 39.5 Å². The van der Waals surface area contributed by atoms with Crippen LogP contribution in [0.4, 0.5) is 0 Å². The first-order chi connectivity index (χ1) is 8.13. The third-order valence-corrected chi connectivity index (χ3v) is 4.74. The van der Waals surface area contributed by atoms with E-state index in [0.29, 0.717) is 12.2 Å². The summed E-state index contributed by atoms with van der Waals surface area (Å²) in [5.41, 5.74) is 0. The average Bonchev–Trinajstić information content (AvgIpc) is 2.37. The number of Topliss-reactive ketones (excluding diaryl/α,β-unsaturated/α-hetero) is 1. The van der Waals surface area contributed by atoms with E-state index >= 15 is 0 Å². The molecule has 0 amide bonds. The Balaban J connectivity index is 1.95. The molecule has 2 saturated heterocycles. The molecule has 0 spiro atoms. The van der Waals surface area contributed by atoms with Crippen molar-refractivity contribution < 1.29 is 4.79 Å². The minimum absolute atomic E-state index is 0.133. The molecular formula is C14H26N2O. The summed E-state index contributed by atoms with van der Waals surface area (Å²) in [4.78, 5) is 16.7. The normalized spacial score (nSPS) is 33.1. The Morgan fingerprint density at radius 3 is 2.82 bits per heavy atom. The molecule has 2 heterocycles. The molecule has 0 N–H and O–H groups in total. The molecule has 3 unspecified atom stereocenters. The van der Waals surface area contributed by atoms with Gasteiger partial charge < -0.3 is 4.90 Å². The Morgan fingerprint density at radius 1 is 1.35 bits per heavy atom. The number of hydrogen-bond acceptors (Lipinski definition) is 3. The summed E-state index contributed by atoms with van der Waals surface area (Å²) in [5, 5.41) is 0. The average molecular weight is 238 g/mol. The highest BCUT2D eigenvalue weighted by atomic mass is 16.1. The van der Waals surface area contributed by atoms with Crippen molar-refractivity contribution in [1.29, 1.82) is 0 Å². The molecule has 0 radical (unpaired) electrons. The SMILES string of the molecule is CCC(=O)C(C)N1CCC2C(CCCN2C)C1. The molecule has 0 aliphatic carbocycles. The van der Waals surface area contributed by atoms with Gasteiger partial charge in [-0.25, -0.2) is 0 Å². The summed E-state index contributed by atoms with van der Waals surface area (Å²) in [6, 6.07) is 0.900. The molecule has 17 heavy (non-hydrogen) atoms. The van der Waals surface area contributed by atoms with Gasteiger partial charge in [-0.3, -0.25) is 9.69 Å². The molecule has 0 aromatic carbocycles. The number of likely N-dealkylation sites (tertiary alicyclic amines) is 2. The van der Waals surface area contributed by atoms with E-state index in [-0.39, 0.29) is 6.04 Å². The lowest BCUT2D eigenvalue weighted by Gasteiger charge is -2.47. The van der Waals surface area contributed by atoms with Gasteiger partial charge in [-0.05, 0) is 45.7 Å². The van der Waals surface area contributed by atoms with Crippen molar-refractivity contribution in [3.05, 3.63) is 0 Å². The largest absolute Gasteiger partial charge is 0.303 e. The first kappa shape index (κ1) is 13.0. The summed E-state index contributed by atoms with van der Waals surface area (Å²) in [7, 11) is 2.26. The third kappa shape index (κ3) is 2.71. The maximum absolute atomic E-state index is 11.8. The van der Waals surface area contributed by atoms with Crippen LogP contribution in [0.15, 0.2) is 0 Å². The maximum Gasteiger partial charge on any atom is 0.149 e. The summed E-state index contributed by atoms with van der Waals surface area (Å²) in [6.07, 6.45) is 4.58. The van der Waals surface area contributed by atoms with E-state index in [1.165, 1.54) is 25.8 Å². The van der Waals surface area contributed by atoms with Crippen molar-refractivity contribution in [2.45, 2.75) is 51.6 Å². The smallest absolute Gasteiger partial charge is 0.149 e. The Labute approximate surface area is 105 Å². The number of carbonyl (C=O) groups is 1. The van der Waals surface area contributed by atoms with Gasteiger partial charge in [0.15, 0.2) is 0 Å². The van der Waals surface area contributed by atoms with Gasteiger partial charge in [-0.2, -0.15) is 0 Å². The van der Waals surface area contributed by atoms with Crippen molar-refractivity contribution in [3.63, 3.8) is 0 Å². The summed E-state index contributed by atoms with van der Waals surface area (Å²) in [5.74, 6) is 1.18. The molecular weight excluding hydrogens is 212 g/mol. The number of hydrogen-bond donors (Lipinski definition) is 0. The first-order valence-electron chi connectivity index (χ1n) is 7.10. The van der Waals surface area contributed by atoms with E-state index in [2.05, 4.69) is 23.8 Å². The zero-order valence-corrected chi connectivity index (χ0v) is 11.5. The molecule has 0 aromatic heterocycles. The number of fused-ring (bicyclic) bond motifs is 1. The Hall–Kier alpha value is -0.410. The van der Waals surface area contributed by atoms with Gasteiger partial charge in [0.1, 0.15) is 5.78 Å². The number of nitrogens with zero attached hydrogens (tertiary/aromatic N) is 2. The van der Waals surface area contributed by atoms with E-state index in [4.69, 9.17) is 0 Å². The second kappa shape index (κ2) is 5.49. The molecule has 2 rings (SSSR count). The fourth-order valence-corrected chi connectivity index (χ4v) is 3.53. The minimum Gasteiger partial charge on any atom is -0.303 e. The second-order valence-electron chi connectivity index (χ2n) is 5.73. The number of piperidine rings is 2. The fourth-order valence-electron chi connectivity index (χ4n) is 3.53. The molecule has 2 fully saturated rings. The van der Waals surface area contributed by atoms with E-state index in [1.54, 1.807) is 0 Å². The summed E-state index contributed by atoms with van der Waals surface area (Å²) >= 11 is 0. The molecule has 3 nitrogen and oxygen atoms in total. The molecule has 3 atom stereocenters. The molecule has 98 valence electrons. The second-order valence-corrected chi connectivity index (χ2v) is 5.73. The van der Waals surface area contributed by atoms with Crippen molar-refractivity contribution in [2.75, 3.05) is 26.7 Å². The predicted molar refractivity (Wildman–Crippen MR) is 70.1 cm³/mol. The number of carbonyl (C=O) groups excluding carboxylic acids is 1. The van der Waals surface area contributed by atoms with Gasteiger partial charge in [0.2, 0.25) is 0 Å². The van der Waals surface area contributed by atoms with Gasteiger partial charge in [-0.15, -0.1) is 0 Å². The lowest BCUT2D eigenvalue weighted by molar-refractivity contribution is -0.124. The summed E-state index contributed by atoms with van der Waals surface area (Å²) < 4.78 is 0. The summed E-state index contributed by atoms with van der Waals surface area (Å²) in [6.45, 7) is 7.53. The molecule has 2 aliphatic heterocycles. The molecule has 0 bridgehead atoms. The van der Waals surface area contributed by atoms with Crippen LogP contribution in [0.5, 0.6) is 0 Å². The molecule has 0 aromatic rings. The van der Waals surface area contributed by atoms with Crippen molar-refractivity contribution >= 4 is 5.78 Å². The van der Waals surface area contributed by atoms with Gasteiger partial charge in [0.25, 0.3) is 0 Å². The Bertz CT molecular complexity index is 279. The van der Waals surface area contributed by atoms with E-state index in [0.717, 1.165) is 25.0 Å². The van der Waals surface area contributed by atoms with Gasteiger partial charge in [0, 0.05) is 25.6 Å². The Morgan fingerprint density at radius 2 is 2.12 bits per heavy atom. The first-order valence-corrected chi connectivity index (χ1v) is 7.10. The monoisotopic (exact) mass is 238 g/mol. The number of ketones is 1. The highest BCUT2D eigenvalue weighted by Gasteiger charge is 2.36. The van der Waals surface area contributed by atoms with E-state index < -0.39 is 0 Å². The zero-order chi connectivity index (χ0) is 12.4. The van der Waals surface area contributed by atoms with Crippen LogP contribution < -0.4 is 0 Å². The van der Waals surface area contributed by atoms with Crippen LogP contribution in [-0.4, -0.2) is 54.3 Å².